The first kappa shape index (κ1) is 15.1. The lowest BCUT2D eigenvalue weighted by Gasteiger charge is -2.26. The van der Waals surface area contributed by atoms with Gasteiger partial charge in [0.15, 0.2) is 0 Å². The van der Waals surface area contributed by atoms with E-state index < -0.39 is 0 Å². The molecule has 0 radical (unpaired) electrons. The van der Waals surface area contributed by atoms with E-state index in [0.717, 1.165) is 24.8 Å². The smallest absolute Gasteiger partial charge is 0.123 e. The Bertz CT molecular complexity index is 337. The number of nitrogens with one attached hydrogen (secondary N) is 1. The van der Waals surface area contributed by atoms with Gasteiger partial charge in [0.2, 0.25) is 0 Å². The van der Waals surface area contributed by atoms with E-state index in [0.29, 0.717) is 6.61 Å². The highest BCUT2D eigenvalue weighted by Crippen LogP contribution is 2.14. The first-order valence-electron chi connectivity index (χ1n) is 6.74. The molecule has 0 saturated heterocycles. The highest BCUT2D eigenvalue weighted by molar-refractivity contribution is 5.17. The van der Waals surface area contributed by atoms with Crippen LogP contribution in [-0.4, -0.2) is 25.8 Å². The second-order valence-corrected chi connectivity index (χ2v) is 4.51. The zero-order valence-electron chi connectivity index (χ0n) is 11.6. The summed E-state index contributed by atoms with van der Waals surface area (Å²) in [5.41, 5.74) is 1.01. The molecule has 2 atom stereocenters. The van der Waals surface area contributed by atoms with Gasteiger partial charge in [-0.05, 0) is 44.5 Å². The van der Waals surface area contributed by atoms with Crippen molar-refractivity contribution in [2.24, 2.45) is 0 Å². The van der Waals surface area contributed by atoms with Crippen molar-refractivity contribution in [3.05, 3.63) is 35.6 Å². The molecule has 0 aromatic heterocycles. The standard InChI is InChI=1S/C15H24FNO/c1-4-7-15(18-5-2)14(17-3)11-12-8-6-9-13(16)10-12/h6,8-10,14-15,17H,4-5,7,11H2,1-3H3. The molecular formula is C15H24FNO. The molecule has 0 amide bonds. The van der Waals surface area contributed by atoms with Gasteiger partial charge >= 0.3 is 0 Å². The Kier molecular flexibility index (Phi) is 6.91. The molecule has 18 heavy (non-hydrogen) atoms. The summed E-state index contributed by atoms with van der Waals surface area (Å²) in [7, 11) is 1.94. The number of hydrogen-bond acceptors (Lipinski definition) is 2. The Balaban J connectivity index is 2.69. The van der Waals surface area contributed by atoms with E-state index in [1.807, 2.05) is 20.0 Å². The summed E-state index contributed by atoms with van der Waals surface area (Å²) in [6.45, 7) is 4.88. The van der Waals surface area contributed by atoms with Gasteiger partial charge in [-0.2, -0.15) is 0 Å². The quantitative estimate of drug-likeness (QED) is 0.768. The van der Waals surface area contributed by atoms with E-state index in [1.54, 1.807) is 12.1 Å². The van der Waals surface area contributed by atoms with E-state index in [-0.39, 0.29) is 18.0 Å². The van der Waals surface area contributed by atoms with Gasteiger partial charge in [-0.1, -0.05) is 25.5 Å². The van der Waals surface area contributed by atoms with Crippen molar-refractivity contribution < 1.29 is 9.13 Å². The van der Waals surface area contributed by atoms with Crippen molar-refractivity contribution in [1.82, 2.24) is 5.32 Å². The van der Waals surface area contributed by atoms with E-state index in [2.05, 4.69) is 12.2 Å². The molecule has 1 rings (SSSR count). The minimum absolute atomic E-state index is 0.175. The Morgan fingerprint density at radius 1 is 1.33 bits per heavy atom. The summed E-state index contributed by atoms with van der Waals surface area (Å²) < 4.78 is 18.9. The van der Waals surface area contributed by atoms with Crippen molar-refractivity contribution in [3.8, 4) is 0 Å². The summed E-state index contributed by atoms with van der Waals surface area (Å²) in [6, 6.07) is 7.02. The van der Waals surface area contributed by atoms with Crippen molar-refractivity contribution in [1.29, 1.82) is 0 Å². The fourth-order valence-electron chi connectivity index (χ4n) is 2.24. The van der Waals surface area contributed by atoms with E-state index >= 15 is 0 Å². The number of hydrogen-bond donors (Lipinski definition) is 1. The van der Waals surface area contributed by atoms with Crippen LogP contribution in [0.25, 0.3) is 0 Å². The number of likely N-dealkylation sites (N-methyl/N-ethyl adjacent to an activating group) is 1. The van der Waals surface area contributed by atoms with Gasteiger partial charge in [-0.25, -0.2) is 4.39 Å². The molecule has 0 saturated carbocycles. The second kappa shape index (κ2) is 8.22. The Labute approximate surface area is 110 Å². The third-order valence-electron chi connectivity index (χ3n) is 3.12. The first-order valence-corrected chi connectivity index (χ1v) is 6.74. The summed E-state index contributed by atoms with van der Waals surface area (Å²) in [5, 5.41) is 3.29. The van der Waals surface area contributed by atoms with Gasteiger partial charge < -0.3 is 10.1 Å². The molecular weight excluding hydrogens is 229 g/mol. The molecule has 0 bridgehead atoms. The first-order chi connectivity index (χ1) is 8.71. The lowest BCUT2D eigenvalue weighted by molar-refractivity contribution is 0.0301. The van der Waals surface area contributed by atoms with Gasteiger partial charge in [0.25, 0.3) is 0 Å². The summed E-state index contributed by atoms with van der Waals surface area (Å²) in [5.74, 6) is -0.175. The van der Waals surface area contributed by atoms with E-state index in [4.69, 9.17) is 4.74 Å². The molecule has 102 valence electrons. The van der Waals surface area contributed by atoms with Gasteiger partial charge in [-0.15, -0.1) is 0 Å². The SMILES string of the molecule is CCCC(OCC)C(Cc1cccc(F)c1)NC. The van der Waals surface area contributed by atoms with Crippen LogP contribution < -0.4 is 5.32 Å². The third kappa shape index (κ3) is 4.75. The minimum atomic E-state index is -0.175. The minimum Gasteiger partial charge on any atom is -0.377 e. The lowest BCUT2D eigenvalue weighted by Crippen LogP contribution is -2.41. The molecule has 2 unspecified atom stereocenters. The van der Waals surface area contributed by atoms with Gasteiger partial charge in [0, 0.05) is 12.6 Å². The molecule has 3 heteroatoms. The zero-order valence-corrected chi connectivity index (χ0v) is 11.6. The van der Waals surface area contributed by atoms with Crippen molar-refractivity contribution >= 4 is 0 Å². The summed E-state index contributed by atoms with van der Waals surface area (Å²) >= 11 is 0. The van der Waals surface area contributed by atoms with Gasteiger partial charge in [-0.3, -0.25) is 0 Å². The van der Waals surface area contributed by atoms with Crippen molar-refractivity contribution in [2.45, 2.75) is 45.3 Å². The fourth-order valence-corrected chi connectivity index (χ4v) is 2.24. The maximum atomic E-state index is 13.2. The van der Waals surface area contributed by atoms with E-state index in [9.17, 15) is 4.39 Å². The topological polar surface area (TPSA) is 21.3 Å². The highest BCUT2D eigenvalue weighted by atomic mass is 19.1. The van der Waals surface area contributed by atoms with Crippen LogP contribution in [0.1, 0.15) is 32.3 Å². The predicted molar refractivity (Wildman–Crippen MR) is 73.3 cm³/mol. The van der Waals surface area contributed by atoms with Crippen molar-refractivity contribution in [2.75, 3.05) is 13.7 Å². The second-order valence-electron chi connectivity index (χ2n) is 4.51. The normalized spacial score (nSPS) is 14.4. The fraction of sp³-hybridized carbons (Fsp3) is 0.600. The molecule has 1 N–H and O–H groups in total. The average Bonchev–Trinajstić information content (AvgIpc) is 2.36. The number of benzene rings is 1. The van der Waals surface area contributed by atoms with Crippen LogP contribution in [0.5, 0.6) is 0 Å². The maximum Gasteiger partial charge on any atom is 0.123 e. The molecule has 1 aromatic carbocycles. The number of ether oxygens (including phenoxy) is 1. The molecule has 0 spiro atoms. The third-order valence-corrected chi connectivity index (χ3v) is 3.12. The van der Waals surface area contributed by atoms with Crippen LogP contribution in [0, 0.1) is 5.82 Å². The number of halogens is 1. The van der Waals surface area contributed by atoms with Crippen LogP contribution in [0.15, 0.2) is 24.3 Å². The molecule has 0 aliphatic rings. The molecule has 1 aromatic rings. The summed E-state index contributed by atoms with van der Waals surface area (Å²) in [4.78, 5) is 0. The van der Waals surface area contributed by atoms with E-state index in [1.165, 1.54) is 6.07 Å². The van der Waals surface area contributed by atoms with Crippen LogP contribution in [0.4, 0.5) is 4.39 Å². The zero-order chi connectivity index (χ0) is 13.4. The van der Waals surface area contributed by atoms with Crippen molar-refractivity contribution in [3.63, 3.8) is 0 Å². The largest absolute Gasteiger partial charge is 0.377 e. The Morgan fingerprint density at radius 3 is 2.67 bits per heavy atom. The molecule has 0 heterocycles. The Hall–Kier alpha value is -0.930. The maximum absolute atomic E-state index is 13.2. The monoisotopic (exact) mass is 253 g/mol. The van der Waals surface area contributed by atoms with Crippen LogP contribution in [0.3, 0.4) is 0 Å². The predicted octanol–water partition coefficient (Wildman–Crippen LogP) is 3.16. The molecule has 2 nitrogen and oxygen atoms in total. The average molecular weight is 253 g/mol. The number of rotatable bonds is 8. The molecule has 0 fully saturated rings. The molecule has 0 aliphatic carbocycles. The highest BCUT2D eigenvalue weighted by Gasteiger charge is 2.19. The molecule has 0 aliphatic heterocycles. The van der Waals surface area contributed by atoms with Crippen LogP contribution >= 0.6 is 0 Å². The van der Waals surface area contributed by atoms with Crippen LogP contribution in [-0.2, 0) is 11.2 Å². The van der Waals surface area contributed by atoms with Gasteiger partial charge in [0.05, 0.1) is 6.10 Å². The Morgan fingerprint density at radius 2 is 2.11 bits per heavy atom. The lowest BCUT2D eigenvalue weighted by atomic mass is 9.98. The van der Waals surface area contributed by atoms with Crippen LogP contribution in [0.2, 0.25) is 0 Å². The van der Waals surface area contributed by atoms with Gasteiger partial charge in [0.1, 0.15) is 5.82 Å². The summed E-state index contributed by atoms with van der Waals surface area (Å²) in [6.07, 6.45) is 3.09.